The van der Waals surface area contributed by atoms with Crippen molar-refractivity contribution < 1.29 is 14.3 Å². The van der Waals surface area contributed by atoms with Crippen molar-refractivity contribution in [1.29, 1.82) is 0 Å². The SMILES string of the molecule is CCCOc1ccc(CCCCNC(=O)OCc2ccccc2)cc1. The number of hydrogen-bond donors (Lipinski definition) is 1. The number of nitrogens with one attached hydrogen (secondary N) is 1. The second kappa shape index (κ2) is 11.1. The Morgan fingerprint density at radius 1 is 0.960 bits per heavy atom. The Bertz CT molecular complexity index is 611. The topological polar surface area (TPSA) is 47.6 Å². The number of benzene rings is 2. The highest BCUT2D eigenvalue weighted by Crippen LogP contribution is 2.14. The summed E-state index contributed by atoms with van der Waals surface area (Å²) in [5.41, 5.74) is 2.28. The van der Waals surface area contributed by atoms with Crippen molar-refractivity contribution in [3.05, 3.63) is 65.7 Å². The minimum atomic E-state index is -0.360. The molecule has 0 heterocycles. The van der Waals surface area contributed by atoms with Crippen molar-refractivity contribution in [2.75, 3.05) is 13.2 Å². The van der Waals surface area contributed by atoms with Crippen molar-refractivity contribution >= 4 is 6.09 Å². The van der Waals surface area contributed by atoms with Gasteiger partial charge in [-0.05, 0) is 48.9 Å². The molecule has 4 nitrogen and oxygen atoms in total. The van der Waals surface area contributed by atoms with Gasteiger partial charge in [-0.2, -0.15) is 0 Å². The molecule has 0 unspecified atom stereocenters. The van der Waals surface area contributed by atoms with Crippen LogP contribution in [0, 0.1) is 0 Å². The molecule has 2 aromatic rings. The molecule has 0 saturated heterocycles. The number of hydrogen-bond acceptors (Lipinski definition) is 3. The van der Waals surface area contributed by atoms with Crippen LogP contribution in [0.5, 0.6) is 5.75 Å². The van der Waals surface area contributed by atoms with Crippen LogP contribution in [0.2, 0.25) is 0 Å². The van der Waals surface area contributed by atoms with Gasteiger partial charge in [-0.1, -0.05) is 49.4 Å². The Morgan fingerprint density at radius 2 is 1.72 bits per heavy atom. The first-order valence-corrected chi connectivity index (χ1v) is 8.94. The summed E-state index contributed by atoms with van der Waals surface area (Å²) in [5, 5.41) is 2.79. The Labute approximate surface area is 150 Å². The highest BCUT2D eigenvalue weighted by Gasteiger charge is 2.02. The van der Waals surface area contributed by atoms with E-state index in [0.717, 1.165) is 43.6 Å². The van der Waals surface area contributed by atoms with Gasteiger partial charge in [0.25, 0.3) is 0 Å². The molecule has 0 aliphatic heterocycles. The third kappa shape index (κ3) is 7.75. The Morgan fingerprint density at radius 3 is 2.44 bits per heavy atom. The smallest absolute Gasteiger partial charge is 0.407 e. The maximum absolute atomic E-state index is 11.6. The predicted molar refractivity (Wildman–Crippen MR) is 99.8 cm³/mol. The van der Waals surface area contributed by atoms with Crippen LogP contribution >= 0.6 is 0 Å². The monoisotopic (exact) mass is 341 g/mol. The fourth-order valence-electron chi connectivity index (χ4n) is 2.39. The molecule has 134 valence electrons. The lowest BCUT2D eigenvalue weighted by Crippen LogP contribution is -2.25. The summed E-state index contributed by atoms with van der Waals surface area (Å²) in [6, 6.07) is 17.9. The molecule has 0 radical (unpaired) electrons. The summed E-state index contributed by atoms with van der Waals surface area (Å²) in [7, 11) is 0. The molecule has 0 spiro atoms. The Kier molecular flexibility index (Phi) is 8.39. The molecule has 0 bridgehead atoms. The molecule has 4 heteroatoms. The lowest BCUT2D eigenvalue weighted by Gasteiger charge is -2.08. The number of alkyl carbamates (subject to hydrolysis) is 1. The fourth-order valence-corrected chi connectivity index (χ4v) is 2.39. The maximum atomic E-state index is 11.6. The molecule has 25 heavy (non-hydrogen) atoms. The highest BCUT2D eigenvalue weighted by atomic mass is 16.5. The second-order valence-electron chi connectivity index (χ2n) is 5.94. The van der Waals surface area contributed by atoms with Crippen LogP contribution in [0.3, 0.4) is 0 Å². The van der Waals surface area contributed by atoms with E-state index < -0.39 is 0 Å². The first-order chi connectivity index (χ1) is 12.3. The Balaban J connectivity index is 1.54. The number of unbranched alkanes of at least 4 members (excludes halogenated alkanes) is 1. The molecule has 1 N–H and O–H groups in total. The molecular weight excluding hydrogens is 314 g/mol. The van der Waals surface area contributed by atoms with Gasteiger partial charge in [-0.25, -0.2) is 4.79 Å². The number of amides is 1. The summed E-state index contributed by atoms with van der Waals surface area (Å²) in [6.45, 7) is 3.79. The molecule has 0 aliphatic rings. The van der Waals surface area contributed by atoms with Crippen molar-refractivity contribution in [2.45, 2.75) is 39.2 Å². The standard InChI is InChI=1S/C21H27NO3/c1-2-16-24-20-13-11-18(12-14-20)8-6-7-15-22-21(23)25-17-19-9-4-3-5-10-19/h3-5,9-14H,2,6-8,15-17H2,1H3,(H,22,23). The zero-order chi connectivity index (χ0) is 17.7. The maximum Gasteiger partial charge on any atom is 0.407 e. The van der Waals surface area contributed by atoms with Gasteiger partial charge in [0.1, 0.15) is 12.4 Å². The van der Waals surface area contributed by atoms with Crippen LogP contribution in [-0.2, 0) is 17.8 Å². The van der Waals surface area contributed by atoms with Crippen molar-refractivity contribution in [2.24, 2.45) is 0 Å². The van der Waals surface area contributed by atoms with E-state index in [0.29, 0.717) is 13.2 Å². The summed E-state index contributed by atoms with van der Waals surface area (Å²) < 4.78 is 10.7. The summed E-state index contributed by atoms with van der Waals surface area (Å²) in [4.78, 5) is 11.6. The van der Waals surface area contributed by atoms with Gasteiger partial charge >= 0.3 is 6.09 Å². The third-order valence-electron chi connectivity index (χ3n) is 3.77. The first kappa shape index (κ1) is 18.8. The minimum Gasteiger partial charge on any atom is -0.494 e. The Hall–Kier alpha value is -2.49. The zero-order valence-corrected chi connectivity index (χ0v) is 14.9. The van der Waals surface area contributed by atoms with E-state index in [4.69, 9.17) is 9.47 Å². The van der Waals surface area contributed by atoms with Crippen LogP contribution in [0.4, 0.5) is 4.79 Å². The van der Waals surface area contributed by atoms with Gasteiger partial charge in [0.15, 0.2) is 0 Å². The van der Waals surface area contributed by atoms with Gasteiger partial charge in [0, 0.05) is 6.54 Å². The number of ether oxygens (including phenoxy) is 2. The van der Waals surface area contributed by atoms with Gasteiger partial charge in [0.05, 0.1) is 6.61 Å². The molecule has 0 aliphatic carbocycles. The van der Waals surface area contributed by atoms with E-state index in [-0.39, 0.29) is 6.09 Å². The molecule has 0 atom stereocenters. The average molecular weight is 341 g/mol. The molecule has 2 aromatic carbocycles. The summed E-state index contributed by atoms with van der Waals surface area (Å²) >= 11 is 0. The van der Waals surface area contributed by atoms with Crippen molar-refractivity contribution in [3.63, 3.8) is 0 Å². The number of carbonyl (C=O) groups is 1. The molecule has 1 amide bonds. The third-order valence-corrected chi connectivity index (χ3v) is 3.77. The number of aryl methyl sites for hydroxylation is 1. The molecule has 0 aromatic heterocycles. The summed E-state index contributed by atoms with van der Waals surface area (Å²) in [5.74, 6) is 0.924. The van der Waals surface area contributed by atoms with Gasteiger partial charge in [0.2, 0.25) is 0 Å². The first-order valence-electron chi connectivity index (χ1n) is 8.94. The van der Waals surface area contributed by atoms with E-state index in [1.165, 1.54) is 5.56 Å². The van der Waals surface area contributed by atoms with Crippen LogP contribution in [0.15, 0.2) is 54.6 Å². The van der Waals surface area contributed by atoms with Gasteiger partial charge < -0.3 is 14.8 Å². The van der Waals surface area contributed by atoms with E-state index in [1.807, 2.05) is 42.5 Å². The van der Waals surface area contributed by atoms with Crippen LogP contribution in [-0.4, -0.2) is 19.2 Å². The highest BCUT2D eigenvalue weighted by molar-refractivity contribution is 5.67. The number of rotatable bonds is 10. The van der Waals surface area contributed by atoms with Crippen LogP contribution in [0.1, 0.15) is 37.3 Å². The molecular formula is C21H27NO3. The second-order valence-corrected chi connectivity index (χ2v) is 5.94. The molecule has 0 fully saturated rings. The minimum absolute atomic E-state index is 0.305. The van der Waals surface area contributed by atoms with Gasteiger partial charge in [-0.15, -0.1) is 0 Å². The quantitative estimate of drug-likeness (QED) is 0.636. The molecule has 0 saturated carbocycles. The fraction of sp³-hybridized carbons (Fsp3) is 0.381. The molecule has 2 rings (SSSR count). The van der Waals surface area contributed by atoms with Crippen LogP contribution < -0.4 is 10.1 Å². The largest absolute Gasteiger partial charge is 0.494 e. The zero-order valence-electron chi connectivity index (χ0n) is 14.9. The number of carbonyl (C=O) groups excluding carboxylic acids is 1. The average Bonchev–Trinajstić information content (AvgIpc) is 2.66. The van der Waals surface area contributed by atoms with Gasteiger partial charge in [-0.3, -0.25) is 0 Å². The summed E-state index contributed by atoms with van der Waals surface area (Å²) in [6.07, 6.45) is 3.60. The van der Waals surface area contributed by atoms with Crippen molar-refractivity contribution in [1.82, 2.24) is 5.32 Å². The normalized spacial score (nSPS) is 10.3. The lowest BCUT2D eigenvalue weighted by atomic mass is 10.1. The van der Waals surface area contributed by atoms with E-state index in [2.05, 4.69) is 24.4 Å². The predicted octanol–water partition coefficient (Wildman–Crippen LogP) is 4.72. The van der Waals surface area contributed by atoms with E-state index in [9.17, 15) is 4.79 Å². The van der Waals surface area contributed by atoms with Crippen molar-refractivity contribution in [3.8, 4) is 5.75 Å². The van der Waals surface area contributed by atoms with E-state index in [1.54, 1.807) is 0 Å². The van der Waals surface area contributed by atoms with Crippen LogP contribution in [0.25, 0.3) is 0 Å². The lowest BCUT2D eigenvalue weighted by molar-refractivity contribution is 0.139. The van der Waals surface area contributed by atoms with E-state index >= 15 is 0 Å².